The van der Waals surface area contributed by atoms with Gasteiger partial charge < -0.3 is 14.2 Å². The van der Waals surface area contributed by atoms with Crippen molar-refractivity contribution in [1.29, 1.82) is 0 Å². The van der Waals surface area contributed by atoms with Gasteiger partial charge in [-0.05, 0) is 49.8 Å². The zero-order chi connectivity index (χ0) is 18.7. The number of Topliss-reactive ketones (excluding diaryl/α,β-unsaturated/α-hetero) is 1. The zero-order valence-electron chi connectivity index (χ0n) is 14.3. The van der Waals surface area contributed by atoms with Crippen molar-refractivity contribution < 1.29 is 28.2 Å². The average molecular weight is 356 g/mol. The molecule has 0 saturated heterocycles. The van der Waals surface area contributed by atoms with Gasteiger partial charge in [0.05, 0.1) is 12.2 Å². The number of allylic oxidation sites excluding steroid dienone is 1. The third-order valence-electron chi connectivity index (χ3n) is 3.72. The summed E-state index contributed by atoms with van der Waals surface area (Å²) in [6.07, 6.45) is 0.695. The minimum Gasteiger partial charge on any atom is -0.479 e. The van der Waals surface area contributed by atoms with Crippen LogP contribution in [0.5, 0.6) is 11.5 Å². The highest BCUT2D eigenvalue weighted by Crippen LogP contribution is 2.35. The Labute approximate surface area is 150 Å². The van der Waals surface area contributed by atoms with Gasteiger partial charge in [0.1, 0.15) is 17.3 Å². The van der Waals surface area contributed by atoms with Crippen LogP contribution in [0.1, 0.15) is 29.8 Å². The van der Waals surface area contributed by atoms with Crippen LogP contribution in [0.25, 0.3) is 6.08 Å². The molecule has 134 valence electrons. The predicted molar refractivity (Wildman–Crippen MR) is 92.5 cm³/mol. The standard InChI is InChI=1S/C20H17FO5/c1-3-24-20(23)12(2)25-15-7-8-16-17(11-15)26-18(19(16)22)10-13-5-4-6-14(21)9-13/h4-12H,3H2,1-2H3/b18-10-/t12-/m1/s1. The van der Waals surface area contributed by atoms with Crippen LogP contribution in [-0.2, 0) is 9.53 Å². The third kappa shape index (κ3) is 3.74. The van der Waals surface area contributed by atoms with Crippen molar-refractivity contribution in [2.24, 2.45) is 0 Å². The molecule has 1 atom stereocenters. The van der Waals surface area contributed by atoms with E-state index in [1.54, 1.807) is 38.1 Å². The Morgan fingerprint density at radius 1 is 1.27 bits per heavy atom. The molecule has 0 N–H and O–H groups in total. The second kappa shape index (κ2) is 7.39. The topological polar surface area (TPSA) is 61.8 Å². The van der Waals surface area contributed by atoms with Crippen molar-refractivity contribution in [3.05, 3.63) is 65.2 Å². The molecule has 6 heteroatoms. The molecule has 0 aliphatic carbocycles. The first-order chi connectivity index (χ1) is 12.5. The lowest BCUT2D eigenvalue weighted by Gasteiger charge is -2.13. The van der Waals surface area contributed by atoms with Gasteiger partial charge in [0.25, 0.3) is 0 Å². The molecule has 5 nitrogen and oxygen atoms in total. The first kappa shape index (κ1) is 17.7. The minimum absolute atomic E-state index is 0.0983. The van der Waals surface area contributed by atoms with Crippen LogP contribution in [0.15, 0.2) is 48.2 Å². The number of esters is 1. The smallest absolute Gasteiger partial charge is 0.347 e. The third-order valence-corrected chi connectivity index (χ3v) is 3.72. The summed E-state index contributed by atoms with van der Waals surface area (Å²) in [5.74, 6) is -0.367. The number of benzene rings is 2. The number of hydrogen-bond donors (Lipinski definition) is 0. The van der Waals surface area contributed by atoms with Gasteiger partial charge in [0.2, 0.25) is 5.78 Å². The molecule has 2 aromatic rings. The lowest BCUT2D eigenvalue weighted by molar-refractivity contribution is -0.150. The molecule has 1 heterocycles. The fourth-order valence-corrected chi connectivity index (χ4v) is 2.50. The van der Waals surface area contributed by atoms with Gasteiger partial charge in [-0.2, -0.15) is 0 Å². The van der Waals surface area contributed by atoms with E-state index in [1.807, 2.05) is 0 Å². The lowest BCUT2D eigenvalue weighted by atomic mass is 10.1. The Balaban J connectivity index is 1.79. The van der Waals surface area contributed by atoms with Crippen LogP contribution >= 0.6 is 0 Å². The van der Waals surface area contributed by atoms with Crippen LogP contribution in [0.2, 0.25) is 0 Å². The van der Waals surface area contributed by atoms with Crippen molar-refractivity contribution in [3.63, 3.8) is 0 Å². The largest absolute Gasteiger partial charge is 0.479 e. The van der Waals surface area contributed by atoms with Crippen LogP contribution in [0.3, 0.4) is 0 Å². The van der Waals surface area contributed by atoms with Crippen LogP contribution in [-0.4, -0.2) is 24.5 Å². The Morgan fingerprint density at radius 3 is 2.81 bits per heavy atom. The number of carbonyl (C=O) groups excluding carboxylic acids is 2. The van der Waals surface area contributed by atoms with E-state index in [0.717, 1.165) is 0 Å². The highest BCUT2D eigenvalue weighted by molar-refractivity contribution is 6.14. The molecule has 3 rings (SSSR count). The highest BCUT2D eigenvalue weighted by atomic mass is 19.1. The van der Waals surface area contributed by atoms with Crippen LogP contribution in [0, 0.1) is 5.82 Å². The van der Waals surface area contributed by atoms with Gasteiger partial charge in [-0.3, -0.25) is 4.79 Å². The van der Waals surface area contributed by atoms with Crippen molar-refractivity contribution in [2.45, 2.75) is 20.0 Å². The number of ketones is 1. The lowest BCUT2D eigenvalue weighted by Crippen LogP contribution is -2.26. The second-order valence-electron chi connectivity index (χ2n) is 5.66. The highest BCUT2D eigenvalue weighted by Gasteiger charge is 2.28. The normalized spacial score (nSPS) is 15.3. The Kier molecular flexibility index (Phi) is 5.02. The van der Waals surface area contributed by atoms with Crippen molar-refractivity contribution in [2.75, 3.05) is 6.61 Å². The summed E-state index contributed by atoms with van der Waals surface area (Å²) in [5, 5.41) is 0. The number of carbonyl (C=O) groups is 2. The summed E-state index contributed by atoms with van der Waals surface area (Å²) in [5.41, 5.74) is 0.900. The SMILES string of the molecule is CCOC(=O)[C@@H](C)Oc1ccc2c(c1)O/C(=C\c1cccc(F)c1)C2=O. The van der Waals surface area contributed by atoms with Crippen molar-refractivity contribution in [3.8, 4) is 11.5 Å². The van der Waals surface area contributed by atoms with E-state index in [1.165, 1.54) is 24.3 Å². The van der Waals surface area contributed by atoms with E-state index in [9.17, 15) is 14.0 Å². The molecule has 1 aliphatic rings. The van der Waals surface area contributed by atoms with Crippen molar-refractivity contribution >= 4 is 17.8 Å². The molecule has 0 fully saturated rings. The molecular weight excluding hydrogens is 339 g/mol. The summed E-state index contributed by atoms with van der Waals surface area (Å²) in [4.78, 5) is 24.1. The quantitative estimate of drug-likeness (QED) is 0.603. The number of ether oxygens (including phenoxy) is 3. The molecule has 0 unspecified atom stereocenters. The summed E-state index contributed by atoms with van der Waals surface area (Å²) < 4.78 is 29.3. The van der Waals surface area contributed by atoms with E-state index >= 15 is 0 Å². The second-order valence-corrected chi connectivity index (χ2v) is 5.66. The summed E-state index contributed by atoms with van der Waals surface area (Å²) in [7, 11) is 0. The number of rotatable bonds is 5. The van der Waals surface area contributed by atoms with Gasteiger partial charge in [-0.25, -0.2) is 9.18 Å². The number of hydrogen-bond acceptors (Lipinski definition) is 5. The Bertz CT molecular complexity index is 888. The molecule has 1 aliphatic heterocycles. The molecule has 26 heavy (non-hydrogen) atoms. The summed E-state index contributed by atoms with van der Waals surface area (Å²) >= 11 is 0. The first-order valence-electron chi connectivity index (χ1n) is 8.15. The van der Waals surface area contributed by atoms with E-state index in [-0.39, 0.29) is 18.1 Å². The summed E-state index contributed by atoms with van der Waals surface area (Å²) in [6, 6.07) is 10.5. The Hall–Kier alpha value is -3.15. The predicted octanol–water partition coefficient (Wildman–Crippen LogP) is 3.77. The average Bonchev–Trinajstić information content (AvgIpc) is 2.90. The Morgan fingerprint density at radius 2 is 2.08 bits per heavy atom. The molecule has 0 spiro atoms. The van der Waals surface area contributed by atoms with Gasteiger partial charge in [0, 0.05) is 6.07 Å². The van der Waals surface area contributed by atoms with E-state index < -0.39 is 17.9 Å². The van der Waals surface area contributed by atoms with E-state index in [0.29, 0.717) is 22.6 Å². The van der Waals surface area contributed by atoms with Crippen LogP contribution in [0.4, 0.5) is 4.39 Å². The molecule has 0 aromatic heterocycles. The van der Waals surface area contributed by atoms with Crippen LogP contribution < -0.4 is 9.47 Å². The maximum absolute atomic E-state index is 13.3. The first-order valence-corrected chi connectivity index (χ1v) is 8.15. The summed E-state index contributed by atoms with van der Waals surface area (Å²) in [6.45, 7) is 3.56. The van der Waals surface area contributed by atoms with Gasteiger partial charge in [-0.1, -0.05) is 12.1 Å². The fraction of sp³-hybridized carbons (Fsp3) is 0.200. The molecule has 0 radical (unpaired) electrons. The number of halogens is 1. The van der Waals surface area contributed by atoms with Crippen molar-refractivity contribution in [1.82, 2.24) is 0 Å². The zero-order valence-corrected chi connectivity index (χ0v) is 14.3. The van der Waals surface area contributed by atoms with Gasteiger partial charge in [0.15, 0.2) is 11.9 Å². The maximum atomic E-state index is 13.3. The molecule has 2 aromatic carbocycles. The number of fused-ring (bicyclic) bond motifs is 1. The molecular formula is C20H17FO5. The minimum atomic E-state index is -0.785. The molecule has 0 amide bonds. The van der Waals surface area contributed by atoms with Gasteiger partial charge >= 0.3 is 5.97 Å². The molecule has 0 saturated carbocycles. The van der Waals surface area contributed by atoms with E-state index in [2.05, 4.69) is 0 Å². The monoisotopic (exact) mass is 356 g/mol. The van der Waals surface area contributed by atoms with E-state index in [4.69, 9.17) is 14.2 Å². The fourth-order valence-electron chi connectivity index (χ4n) is 2.50. The maximum Gasteiger partial charge on any atom is 0.347 e. The molecule has 0 bridgehead atoms. The van der Waals surface area contributed by atoms with Gasteiger partial charge in [-0.15, -0.1) is 0 Å².